The Morgan fingerprint density at radius 2 is 2.05 bits per heavy atom. The summed E-state index contributed by atoms with van der Waals surface area (Å²) >= 11 is 1.81. The molecule has 0 aliphatic carbocycles. The van der Waals surface area contributed by atoms with Gasteiger partial charge >= 0.3 is 0 Å². The Balaban J connectivity index is 1.67. The largest absolute Gasteiger partial charge is 0.494 e. The van der Waals surface area contributed by atoms with Gasteiger partial charge in [-0.15, -0.1) is 11.8 Å². The molecule has 0 spiro atoms. The minimum atomic E-state index is 0.716. The van der Waals surface area contributed by atoms with Gasteiger partial charge in [0.2, 0.25) is 0 Å². The fourth-order valence-electron chi connectivity index (χ4n) is 1.71. The smallest absolute Gasteiger partial charge is 0.119 e. The molecule has 0 saturated heterocycles. The normalized spacial score (nSPS) is 10.6. The van der Waals surface area contributed by atoms with Crippen LogP contribution in [0.3, 0.4) is 0 Å². The van der Waals surface area contributed by atoms with Crippen LogP contribution in [0.1, 0.15) is 12.1 Å². The van der Waals surface area contributed by atoms with Crippen molar-refractivity contribution in [1.82, 2.24) is 9.78 Å². The van der Waals surface area contributed by atoms with E-state index in [0.717, 1.165) is 29.3 Å². The van der Waals surface area contributed by atoms with E-state index in [4.69, 9.17) is 10.5 Å². The number of ether oxygens (including phenoxy) is 1. The Labute approximate surface area is 117 Å². The standard InChI is InChI=1S/C14H19N3OS/c1-11-10-14(17(2)16-11)19-9-3-8-18-13-6-4-12(15)5-7-13/h4-7,10H,3,8-9,15H2,1-2H3. The molecule has 0 atom stereocenters. The van der Waals surface area contributed by atoms with E-state index in [0.29, 0.717) is 6.61 Å². The monoisotopic (exact) mass is 277 g/mol. The van der Waals surface area contributed by atoms with Gasteiger partial charge in [-0.2, -0.15) is 5.10 Å². The highest BCUT2D eigenvalue weighted by Gasteiger charge is 2.02. The Bertz CT molecular complexity index is 522. The van der Waals surface area contributed by atoms with Crippen LogP contribution in [0.25, 0.3) is 0 Å². The fourth-order valence-corrected chi connectivity index (χ4v) is 2.66. The second-order valence-electron chi connectivity index (χ2n) is 4.37. The fraction of sp³-hybridized carbons (Fsp3) is 0.357. The summed E-state index contributed by atoms with van der Waals surface area (Å²) in [4.78, 5) is 0. The molecule has 1 aromatic heterocycles. The van der Waals surface area contributed by atoms with Crippen molar-refractivity contribution in [3.8, 4) is 5.75 Å². The molecular weight excluding hydrogens is 258 g/mol. The summed E-state index contributed by atoms with van der Waals surface area (Å²) in [6, 6.07) is 9.59. The lowest BCUT2D eigenvalue weighted by atomic mass is 10.3. The first-order chi connectivity index (χ1) is 9.15. The Kier molecular flexibility index (Phi) is 4.74. The molecule has 2 aromatic rings. The zero-order valence-electron chi connectivity index (χ0n) is 11.3. The maximum absolute atomic E-state index is 5.64. The molecule has 0 radical (unpaired) electrons. The van der Waals surface area contributed by atoms with E-state index in [1.165, 1.54) is 5.03 Å². The third kappa shape index (κ3) is 4.21. The number of rotatable bonds is 6. The van der Waals surface area contributed by atoms with Crippen molar-refractivity contribution in [2.75, 3.05) is 18.1 Å². The van der Waals surface area contributed by atoms with Crippen molar-refractivity contribution >= 4 is 17.4 Å². The van der Waals surface area contributed by atoms with Gasteiger partial charge in [-0.05, 0) is 43.7 Å². The maximum Gasteiger partial charge on any atom is 0.119 e. The zero-order valence-corrected chi connectivity index (χ0v) is 12.1. The minimum Gasteiger partial charge on any atom is -0.494 e. The first-order valence-corrected chi connectivity index (χ1v) is 7.25. The van der Waals surface area contributed by atoms with E-state index in [2.05, 4.69) is 11.2 Å². The van der Waals surface area contributed by atoms with Crippen molar-refractivity contribution < 1.29 is 4.74 Å². The number of nitrogen functional groups attached to an aromatic ring is 1. The molecule has 0 aliphatic rings. The van der Waals surface area contributed by atoms with E-state index in [9.17, 15) is 0 Å². The van der Waals surface area contributed by atoms with Crippen LogP contribution < -0.4 is 10.5 Å². The molecule has 102 valence electrons. The second-order valence-corrected chi connectivity index (χ2v) is 5.48. The summed E-state index contributed by atoms with van der Waals surface area (Å²) in [5.74, 6) is 1.89. The number of aryl methyl sites for hydroxylation is 2. The van der Waals surface area contributed by atoms with Gasteiger partial charge in [0.15, 0.2) is 0 Å². The van der Waals surface area contributed by atoms with Crippen LogP contribution in [0.5, 0.6) is 5.75 Å². The highest BCUT2D eigenvalue weighted by atomic mass is 32.2. The molecular formula is C14H19N3OS. The van der Waals surface area contributed by atoms with Gasteiger partial charge in [-0.25, -0.2) is 0 Å². The Morgan fingerprint density at radius 3 is 2.68 bits per heavy atom. The lowest BCUT2D eigenvalue weighted by molar-refractivity contribution is 0.319. The molecule has 5 heteroatoms. The number of hydrogen-bond donors (Lipinski definition) is 1. The molecule has 1 heterocycles. The summed E-state index contributed by atoms with van der Waals surface area (Å²) in [5, 5.41) is 5.52. The van der Waals surface area contributed by atoms with Gasteiger partial charge in [-0.1, -0.05) is 0 Å². The van der Waals surface area contributed by atoms with E-state index >= 15 is 0 Å². The number of nitrogens with two attached hydrogens (primary N) is 1. The number of benzene rings is 1. The predicted molar refractivity (Wildman–Crippen MR) is 79.6 cm³/mol. The van der Waals surface area contributed by atoms with Crippen molar-refractivity contribution in [2.24, 2.45) is 7.05 Å². The van der Waals surface area contributed by atoms with Crippen molar-refractivity contribution in [3.63, 3.8) is 0 Å². The van der Waals surface area contributed by atoms with Crippen LogP contribution in [0, 0.1) is 6.92 Å². The highest BCUT2D eigenvalue weighted by molar-refractivity contribution is 7.99. The number of nitrogens with zero attached hydrogens (tertiary/aromatic N) is 2. The zero-order chi connectivity index (χ0) is 13.7. The van der Waals surface area contributed by atoms with Gasteiger partial charge in [0.05, 0.1) is 17.3 Å². The summed E-state index contributed by atoms with van der Waals surface area (Å²) < 4.78 is 7.56. The topological polar surface area (TPSA) is 53.1 Å². The number of hydrogen-bond acceptors (Lipinski definition) is 4. The number of aromatic nitrogens is 2. The van der Waals surface area contributed by atoms with Crippen LogP contribution in [0.15, 0.2) is 35.4 Å². The van der Waals surface area contributed by atoms with Crippen molar-refractivity contribution in [1.29, 1.82) is 0 Å². The molecule has 0 fully saturated rings. The summed E-state index contributed by atoms with van der Waals surface area (Å²) in [7, 11) is 1.97. The Morgan fingerprint density at radius 1 is 1.32 bits per heavy atom. The predicted octanol–water partition coefficient (Wildman–Crippen LogP) is 2.87. The summed E-state index contributed by atoms with van der Waals surface area (Å²) in [6.07, 6.45) is 0.999. The third-order valence-corrected chi connectivity index (χ3v) is 3.82. The molecule has 2 rings (SSSR count). The van der Waals surface area contributed by atoms with Crippen LogP contribution in [-0.4, -0.2) is 22.1 Å². The summed E-state index contributed by atoms with van der Waals surface area (Å²) in [5.41, 5.74) is 7.43. The lowest BCUT2D eigenvalue weighted by Gasteiger charge is -2.06. The van der Waals surface area contributed by atoms with Gasteiger partial charge < -0.3 is 10.5 Å². The van der Waals surface area contributed by atoms with Crippen LogP contribution in [0.4, 0.5) is 5.69 Å². The molecule has 0 unspecified atom stereocenters. The molecule has 0 saturated carbocycles. The van der Waals surface area contributed by atoms with Crippen molar-refractivity contribution in [2.45, 2.75) is 18.4 Å². The second kappa shape index (κ2) is 6.52. The molecule has 19 heavy (non-hydrogen) atoms. The number of anilines is 1. The van der Waals surface area contributed by atoms with Gasteiger partial charge in [0.1, 0.15) is 5.75 Å². The first-order valence-electron chi connectivity index (χ1n) is 6.27. The van der Waals surface area contributed by atoms with E-state index in [1.807, 2.05) is 42.9 Å². The molecule has 2 N–H and O–H groups in total. The van der Waals surface area contributed by atoms with E-state index in [-0.39, 0.29) is 0 Å². The van der Waals surface area contributed by atoms with Gasteiger partial charge in [-0.3, -0.25) is 4.68 Å². The summed E-state index contributed by atoms with van der Waals surface area (Å²) in [6.45, 7) is 2.72. The SMILES string of the molecule is Cc1cc(SCCCOc2ccc(N)cc2)n(C)n1. The maximum atomic E-state index is 5.64. The van der Waals surface area contributed by atoms with E-state index in [1.54, 1.807) is 11.8 Å². The quantitative estimate of drug-likeness (QED) is 0.501. The average molecular weight is 277 g/mol. The first kappa shape index (κ1) is 13.8. The molecule has 0 aliphatic heterocycles. The third-order valence-electron chi connectivity index (χ3n) is 2.65. The Hall–Kier alpha value is -1.62. The lowest BCUT2D eigenvalue weighted by Crippen LogP contribution is -1.99. The molecule has 4 nitrogen and oxygen atoms in total. The highest BCUT2D eigenvalue weighted by Crippen LogP contribution is 2.19. The average Bonchev–Trinajstić information content (AvgIpc) is 2.70. The molecule has 1 aromatic carbocycles. The van der Waals surface area contributed by atoms with Crippen molar-refractivity contribution in [3.05, 3.63) is 36.0 Å². The van der Waals surface area contributed by atoms with Crippen LogP contribution in [0.2, 0.25) is 0 Å². The van der Waals surface area contributed by atoms with Crippen LogP contribution >= 0.6 is 11.8 Å². The van der Waals surface area contributed by atoms with Gasteiger partial charge in [0.25, 0.3) is 0 Å². The minimum absolute atomic E-state index is 0.716. The van der Waals surface area contributed by atoms with E-state index < -0.39 is 0 Å². The van der Waals surface area contributed by atoms with Crippen LogP contribution in [-0.2, 0) is 7.05 Å². The van der Waals surface area contributed by atoms with Gasteiger partial charge in [0, 0.05) is 18.5 Å². The molecule has 0 amide bonds. The molecule has 0 bridgehead atoms. The number of thioether (sulfide) groups is 1.